The van der Waals surface area contributed by atoms with Crippen LogP contribution in [0, 0.1) is 5.92 Å². The molecule has 2 radical (unpaired) electrons. The maximum atomic E-state index is 8.57. The van der Waals surface area contributed by atoms with Crippen molar-refractivity contribution in [1.82, 2.24) is 0 Å². The van der Waals surface area contributed by atoms with Gasteiger partial charge >= 0.3 is 0 Å². The molecule has 0 aliphatic rings. The molecule has 3 nitrogen and oxygen atoms in total. The number of hydrogen-bond acceptors (Lipinski definition) is 3. The molecule has 4 heteroatoms. The lowest BCUT2D eigenvalue weighted by Crippen LogP contribution is -2.15. The quantitative estimate of drug-likeness (QED) is 0.430. The zero-order chi connectivity index (χ0) is 7.98. The van der Waals surface area contributed by atoms with E-state index in [4.69, 9.17) is 23.2 Å². The van der Waals surface area contributed by atoms with Crippen molar-refractivity contribution in [3.05, 3.63) is 0 Å². The smallest absolute Gasteiger partial charge is 0.0730 e. The van der Waals surface area contributed by atoms with Gasteiger partial charge < -0.3 is 15.3 Å². The summed E-state index contributed by atoms with van der Waals surface area (Å²) in [4.78, 5) is 0. The summed E-state index contributed by atoms with van der Waals surface area (Å²) in [7, 11) is 5.35. The Morgan fingerprint density at radius 2 is 1.50 bits per heavy atom. The first-order valence-corrected chi connectivity index (χ1v) is 3.32. The minimum atomic E-state index is -0.329. The Morgan fingerprint density at radius 1 is 1.00 bits per heavy atom. The summed E-state index contributed by atoms with van der Waals surface area (Å²) < 4.78 is 0. The zero-order valence-electron chi connectivity index (χ0n) is 5.90. The molecule has 1 unspecified atom stereocenters. The van der Waals surface area contributed by atoms with Gasteiger partial charge in [-0.1, -0.05) is 5.82 Å². The Hall–Kier alpha value is -0.0551. The van der Waals surface area contributed by atoms with Crippen molar-refractivity contribution in [1.29, 1.82) is 0 Å². The lowest BCUT2D eigenvalue weighted by molar-refractivity contribution is 0.136. The highest BCUT2D eigenvalue weighted by Crippen LogP contribution is 2.12. The molecule has 0 amide bonds. The number of aliphatic hydroxyl groups is 3. The summed E-state index contributed by atoms with van der Waals surface area (Å²) >= 11 is 0. The van der Waals surface area contributed by atoms with Gasteiger partial charge in [0.05, 0.1) is 7.85 Å². The predicted molar refractivity (Wildman–Crippen MR) is 38.9 cm³/mol. The summed E-state index contributed by atoms with van der Waals surface area (Å²) in [6.45, 7) is -0.259. The van der Waals surface area contributed by atoms with Gasteiger partial charge in [-0.2, -0.15) is 0 Å². The van der Waals surface area contributed by atoms with Crippen molar-refractivity contribution >= 4 is 7.85 Å². The highest BCUT2D eigenvalue weighted by atomic mass is 16.3. The third kappa shape index (κ3) is 3.87. The maximum absolute atomic E-state index is 8.57. The zero-order valence-corrected chi connectivity index (χ0v) is 5.90. The van der Waals surface area contributed by atoms with Gasteiger partial charge in [-0.25, -0.2) is 0 Å². The molecule has 0 aromatic rings. The van der Waals surface area contributed by atoms with Crippen LogP contribution in [0.2, 0.25) is 5.82 Å². The Bertz CT molecular complexity index is 75.4. The second-order valence-corrected chi connectivity index (χ2v) is 2.41. The van der Waals surface area contributed by atoms with Crippen LogP contribution in [0.3, 0.4) is 0 Å². The third-order valence-corrected chi connectivity index (χ3v) is 1.39. The van der Waals surface area contributed by atoms with Crippen LogP contribution in [0.25, 0.3) is 0 Å². The Kier molecular flexibility index (Phi) is 5.68. The van der Waals surface area contributed by atoms with Crippen LogP contribution in [-0.2, 0) is 0 Å². The average Bonchev–Trinajstić information content (AvgIpc) is 1.99. The summed E-state index contributed by atoms with van der Waals surface area (Å²) in [5, 5.41) is 25.6. The Morgan fingerprint density at radius 3 is 1.80 bits per heavy atom. The van der Waals surface area contributed by atoms with Crippen molar-refractivity contribution in [2.75, 3.05) is 19.8 Å². The monoisotopic (exact) mass is 144 g/mol. The van der Waals surface area contributed by atoms with Crippen molar-refractivity contribution in [3.8, 4) is 0 Å². The van der Waals surface area contributed by atoms with E-state index in [1.54, 1.807) is 0 Å². The van der Waals surface area contributed by atoms with Gasteiger partial charge in [-0.05, 0) is 6.42 Å². The second kappa shape index (κ2) is 5.71. The standard InChI is InChI=1S/C6H13BO3/c7-6(4-10)1-5(2-8)3-9/h5-6,8-10H,1-4H2. The molecule has 0 bridgehead atoms. The summed E-state index contributed by atoms with van der Waals surface area (Å²) in [6, 6.07) is 0. The Labute approximate surface area is 62.1 Å². The van der Waals surface area contributed by atoms with Crippen molar-refractivity contribution in [3.63, 3.8) is 0 Å². The van der Waals surface area contributed by atoms with E-state index >= 15 is 0 Å². The van der Waals surface area contributed by atoms with Crippen LogP contribution in [-0.4, -0.2) is 43.0 Å². The molecule has 0 aromatic carbocycles. The molecular weight excluding hydrogens is 131 g/mol. The minimum absolute atomic E-state index is 0.0792. The predicted octanol–water partition coefficient (Wildman–Crippen LogP) is -1.07. The lowest BCUT2D eigenvalue weighted by Gasteiger charge is -2.14. The molecule has 1 atom stereocenters. The first-order valence-electron chi connectivity index (χ1n) is 3.32. The van der Waals surface area contributed by atoms with Gasteiger partial charge in [0.25, 0.3) is 0 Å². The van der Waals surface area contributed by atoms with Crippen LogP contribution in [0.1, 0.15) is 6.42 Å². The van der Waals surface area contributed by atoms with E-state index in [1.807, 2.05) is 0 Å². The Balaban J connectivity index is 3.41. The largest absolute Gasteiger partial charge is 0.397 e. The van der Waals surface area contributed by atoms with Crippen LogP contribution in [0.5, 0.6) is 0 Å². The first-order chi connectivity index (χ1) is 4.74. The highest BCUT2D eigenvalue weighted by Gasteiger charge is 2.09. The summed E-state index contributed by atoms with van der Waals surface area (Å²) in [6.07, 6.45) is 0.462. The molecule has 0 saturated carbocycles. The molecular formula is C6H13BO3. The fourth-order valence-corrected chi connectivity index (χ4v) is 0.709. The SMILES string of the molecule is [B]C(CO)CC(CO)CO. The van der Waals surface area contributed by atoms with Gasteiger partial charge in [-0.3, -0.25) is 0 Å². The van der Waals surface area contributed by atoms with Gasteiger partial charge in [0.1, 0.15) is 0 Å². The molecule has 0 aliphatic heterocycles. The highest BCUT2D eigenvalue weighted by molar-refractivity contribution is 6.11. The molecule has 58 valence electrons. The fourth-order valence-electron chi connectivity index (χ4n) is 0.709. The van der Waals surface area contributed by atoms with E-state index in [0.717, 1.165) is 0 Å². The van der Waals surface area contributed by atoms with Crippen LogP contribution < -0.4 is 0 Å². The fraction of sp³-hybridized carbons (Fsp3) is 1.00. The lowest BCUT2D eigenvalue weighted by atomic mass is 9.81. The van der Waals surface area contributed by atoms with Crippen LogP contribution in [0.4, 0.5) is 0 Å². The molecule has 0 spiro atoms. The first kappa shape index (κ1) is 9.94. The minimum Gasteiger partial charge on any atom is -0.397 e. The molecule has 0 aromatic heterocycles. The van der Waals surface area contributed by atoms with Gasteiger partial charge in [-0.15, -0.1) is 0 Å². The van der Waals surface area contributed by atoms with Crippen molar-refractivity contribution in [2.45, 2.75) is 12.2 Å². The van der Waals surface area contributed by atoms with Crippen LogP contribution >= 0.6 is 0 Å². The van der Waals surface area contributed by atoms with Crippen LogP contribution in [0.15, 0.2) is 0 Å². The van der Waals surface area contributed by atoms with E-state index in [9.17, 15) is 0 Å². The van der Waals surface area contributed by atoms with E-state index in [2.05, 4.69) is 0 Å². The van der Waals surface area contributed by atoms with E-state index < -0.39 is 0 Å². The number of rotatable bonds is 5. The summed E-state index contributed by atoms with van der Waals surface area (Å²) in [5.41, 5.74) is 0. The molecule has 10 heavy (non-hydrogen) atoms. The second-order valence-electron chi connectivity index (χ2n) is 2.41. The molecule has 0 rings (SSSR count). The normalized spacial score (nSPS) is 14.0. The van der Waals surface area contributed by atoms with Gasteiger partial charge in [0.2, 0.25) is 0 Å². The van der Waals surface area contributed by atoms with Gasteiger partial charge in [0.15, 0.2) is 0 Å². The molecule has 0 aliphatic carbocycles. The third-order valence-electron chi connectivity index (χ3n) is 1.39. The molecule has 0 heterocycles. The van der Waals surface area contributed by atoms with E-state index in [1.165, 1.54) is 0 Å². The van der Waals surface area contributed by atoms with E-state index in [0.29, 0.717) is 6.42 Å². The van der Waals surface area contributed by atoms with Crippen molar-refractivity contribution in [2.24, 2.45) is 5.92 Å². The summed E-state index contributed by atoms with van der Waals surface area (Å²) in [5.74, 6) is -0.522. The number of hydrogen-bond donors (Lipinski definition) is 3. The average molecular weight is 144 g/mol. The topological polar surface area (TPSA) is 60.7 Å². The molecule has 0 fully saturated rings. The van der Waals surface area contributed by atoms with Crippen molar-refractivity contribution < 1.29 is 15.3 Å². The molecule has 3 N–H and O–H groups in total. The van der Waals surface area contributed by atoms with E-state index in [-0.39, 0.29) is 31.6 Å². The molecule has 0 saturated heterocycles. The van der Waals surface area contributed by atoms with Gasteiger partial charge in [0, 0.05) is 25.7 Å². The maximum Gasteiger partial charge on any atom is 0.0730 e. The number of aliphatic hydroxyl groups excluding tert-OH is 3.